The van der Waals surface area contributed by atoms with Gasteiger partial charge in [-0.1, -0.05) is 26.0 Å². The fourth-order valence-electron chi connectivity index (χ4n) is 1.98. The van der Waals surface area contributed by atoms with Crippen LogP contribution in [-0.4, -0.2) is 34.1 Å². The van der Waals surface area contributed by atoms with Gasteiger partial charge in [0.15, 0.2) is 0 Å². The van der Waals surface area contributed by atoms with Crippen molar-refractivity contribution in [3.05, 3.63) is 24.3 Å². The number of benzene rings is 1. The number of anilines is 2. The molecular weight excluding hydrogens is 256 g/mol. The zero-order chi connectivity index (χ0) is 14.7. The Kier molecular flexibility index (Phi) is 4.02. The first kappa shape index (κ1) is 14.0. The van der Waals surface area contributed by atoms with Crippen LogP contribution in [0.5, 0.6) is 0 Å². The van der Waals surface area contributed by atoms with Crippen molar-refractivity contribution in [2.24, 2.45) is 5.92 Å². The molecule has 1 atom stereocenters. The molecule has 0 radical (unpaired) electrons. The molecule has 6 heteroatoms. The summed E-state index contributed by atoms with van der Waals surface area (Å²) in [6, 6.07) is 6.86. The van der Waals surface area contributed by atoms with Crippen LogP contribution >= 0.6 is 0 Å². The van der Waals surface area contributed by atoms with E-state index in [2.05, 4.69) is 20.6 Å². The first-order chi connectivity index (χ1) is 9.52. The summed E-state index contributed by atoms with van der Waals surface area (Å²) in [5, 5.41) is 16.0. The highest BCUT2D eigenvalue weighted by Gasteiger charge is 2.22. The molecule has 0 amide bonds. The van der Waals surface area contributed by atoms with Crippen LogP contribution in [0.3, 0.4) is 0 Å². The molecule has 0 bridgehead atoms. The number of carboxylic acids is 1. The Labute approximate surface area is 117 Å². The summed E-state index contributed by atoms with van der Waals surface area (Å²) in [5.41, 5.74) is 0.766. The van der Waals surface area contributed by atoms with Crippen LogP contribution in [0.2, 0.25) is 0 Å². The lowest BCUT2D eigenvalue weighted by atomic mass is 10.1. The summed E-state index contributed by atoms with van der Waals surface area (Å²) in [6.07, 6.45) is 0. The predicted molar refractivity (Wildman–Crippen MR) is 79.0 cm³/mol. The SMILES string of the molecule is CNc1nc(N[C@@H](C(=O)O)C(C)C)nc2ccccc12. The standard InChI is InChI=1S/C14H18N4O2/c1-8(2)11(13(19)20)17-14-16-10-7-5-4-6-9(10)12(15-3)18-14/h4-8,11H,1-3H3,(H,19,20)(H2,15,16,17,18)/t11-/m1/s1. The van der Waals surface area contributed by atoms with Gasteiger partial charge in [-0.25, -0.2) is 9.78 Å². The van der Waals surface area contributed by atoms with E-state index in [0.717, 1.165) is 10.9 Å². The first-order valence-electron chi connectivity index (χ1n) is 6.46. The topological polar surface area (TPSA) is 87.1 Å². The molecule has 0 aliphatic carbocycles. The number of para-hydroxylation sites is 1. The third-order valence-electron chi connectivity index (χ3n) is 3.06. The average Bonchev–Trinajstić information content (AvgIpc) is 2.43. The summed E-state index contributed by atoms with van der Waals surface area (Å²) < 4.78 is 0. The lowest BCUT2D eigenvalue weighted by molar-refractivity contribution is -0.138. The second-order valence-corrected chi connectivity index (χ2v) is 4.87. The van der Waals surface area contributed by atoms with E-state index in [4.69, 9.17) is 0 Å². The van der Waals surface area contributed by atoms with Gasteiger partial charge in [0.25, 0.3) is 0 Å². The monoisotopic (exact) mass is 274 g/mol. The number of hydrogen-bond donors (Lipinski definition) is 3. The molecule has 2 aromatic rings. The molecule has 0 aliphatic heterocycles. The maximum Gasteiger partial charge on any atom is 0.326 e. The van der Waals surface area contributed by atoms with Crippen molar-refractivity contribution in [3.8, 4) is 0 Å². The molecule has 20 heavy (non-hydrogen) atoms. The van der Waals surface area contributed by atoms with Gasteiger partial charge in [0.1, 0.15) is 11.9 Å². The zero-order valence-electron chi connectivity index (χ0n) is 11.7. The zero-order valence-corrected chi connectivity index (χ0v) is 11.7. The molecule has 2 rings (SSSR count). The van der Waals surface area contributed by atoms with Gasteiger partial charge < -0.3 is 15.7 Å². The van der Waals surface area contributed by atoms with Gasteiger partial charge in [-0.2, -0.15) is 4.98 Å². The maximum absolute atomic E-state index is 11.2. The van der Waals surface area contributed by atoms with Gasteiger partial charge in [0.05, 0.1) is 5.52 Å². The van der Waals surface area contributed by atoms with Crippen LogP contribution in [0.15, 0.2) is 24.3 Å². The van der Waals surface area contributed by atoms with Crippen LogP contribution in [-0.2, 0) is 4.79 Å². The Bertz CT molecular complexity index is 628. The molecule has 106 valence electrons. The number of carbonyl (C=O) groups is 1. The van der Waals surface area contributed by atoms with E-state index < -0.39 is 12.0 Å². The first-order valence-corrected chi connectivity index (χ1v) is 6.46. The van der Waals surface area contributed by atoms with Crippen molar-refractivity contribution in [1.29, 1.82) is 0 Å². The normalized spacial score (nSPS) is 12.4. The lowest BCUT2D eigenvalue weighted by Crippen LogP contribution is -2.35. The number of nitrogens with one attached hydrogen (secondary N) is 2. The highest BCUT2D eigenvalue weighted by molar-refractivity contribution is 5.90. The Morgan fingerprint density at radius 3 is 2.55 bits per heavy atom. The van der Waals surface area contributed by atoms with Crippen LogP contribution in [0.25, 0.3) is 10.9 Å². The summed E-state index contributed by atoms with van der Waals surface area (Å²) >= 11 is 0. The molecule has 6 nitrogen and oxygen atoms in total. The van der Waals surface area contributed by atoms with Gasteiger partial charge in [0, 0.05) is 12.4 Å². The molecule has 0 spiro atoms. The van der Waals surface area contributed by atoms with Gasteiger partial charge in [0.2, 0.25) is 5.95 Å². The van der Waals surface area contributed by atoms with E-state index >= 15 is 0 Å². The lowest BCUT2D eigenvalue weighted by Gasteiger charge is -2.18. The van der Waals surface area contributed by atoms with Crippen LogP contribution < -0.4 is 10.6 Å². The van der Waals surface area contributed by atoms with Crippen LogP contribution in [0, 0.1) is 5.92 Å². The second-order valence-electron chi connectivity index (χ2n) is 4.87. The van der Waals surface area contributed by atoms with E-state index in [1.165, 1.54) is 0 Å². The van der Waals surface area contributed by atoms with Crippen molar-refractivity contribution in [2.45, 2.75) is 19.9 Å². The molecule has 0 aliphatic rings. The number of aliphatic carboxylic acids is 1. The fourth-order valence-corrected chi connectivity index (χ4v) is 1.98. The fraction of sp³-hybridized carbons (Fsp3) is 0.357. The van der Waals surface area contributed by atoms with E-state index in [-0.39, 0.29) is 5.92 Å². The summed E-state index contributed by atoms with van der Waals surface area (Å²) in [6.45, 7) is 3.68. The Hall–Kier alpha value is -2.37. The van der Waals surface area contributed by atoms with E-state index in [1.807, 2.05) is 38.1 Å². The van der Waals surface area contributed by atoms with Gasteiger partial charge in [-0.15, -0.1) is 0 Å². The van der Waals surface area contributed by atoms with Gasteiger partial charge >= 0.3 is 5.97 Å². The third-order valence-corrected chi connectivity index (χ3v) is 3.06. The Morgan fingerprint density at radius 2 is 1.95 bits per heavy atom. The van der Waals surface area contributed by atoms with Crippen LogP contribution in [0.1, 0.15) is 13.8 Å². The minimum absolute atomic E-state index is 0.0689. The molecule has 1 aromatic carbocycles. The molecule has 1 aromatic heterocycles. The Balaban J connectivity index is 2.42. The van der Waals surface area contributed by atoms with Crippen molar-refractivity contribution < 1.29 is 9.90 Å². The third kappa shape index (κ3) is 2.79. The summed E-state index contributed by atoms with van der Waals surface area (Å²) in [4.78, 5) is 19.9. The largest absolute Gasteiger partial charge is 0.480 e. The molecule has 0 unspecified atom stereocenters. The molecule has 0 fully saturated rings. The predicted octanol–water partition coefficient (Wildman–Crippen LogP) is 2.19. The Morgan fingerprint density at radius 1 is 1.25 bits per heavy atom. The number of rotatable bonds is 5. The minimum Gasteiger partial charge on any atom is -0.480 e. The summed E-state index contributed by atoms with van der Waals surface area (Å²) in [7, 11) is 1.77. The minimum atomic E-state index is -0.914. The highest BCUT2D eigenvalue weighted by atomic mass is 16.4. The van der Waals surface area contributed by atoms with E-state index in [9.17, 15) is 9.90 Å². The van der Waals surface area contributed by atoms with E-state index in [1.54, 1.807) is 7.05 Å². The highest BCUT2D eigenvalue weighted by Crippen LogP contribution is 2.22. The molecule has 3 N–H and O–H groups in total. The van der Waals surface area contributed by atoms with Crippen molar-refractivity contribution in [2.75, 3.05) is 17.7 Å². The molecular formula is C14H18N4O2. The quantitative estimate of drug-likeness (QED) is 0.774. The van der Waals surface area contributed by atoms with Crippen molar-refractivity contribution >= 4 is 28.6 Å². The van der Waals surface area contributed by atoms with Gasteiger partial charge in [-0.05, 0) is 18.1 Å². The smallest absolute Gasteiger partial charge is 0.326 e. The van der Waals surface area contributed by atoms with Crippen molar-refractivity contribution in [1.82, 2.24) is 9.97 Å². The second kappa shape index (κ2) is 5.73. The molecule has 0 saturated heterocycles. The number of nitrogens with zero attached hydrogens (tertiary/aromatic N) is 2. The number of aromatic nitrogens is 2. The molecule has 1 heterocycles. The number of fused-ring (bicyclic) bond motifs is 1. The van der Waals surface area contributed by atoms with Crippen LogP contribution in [0.4, 0.5) is 11.8 Å². The molecule has 0 saturated carbocycles. The van der Waals surface area contributed by atoms with Gasteiger partial charge in [-0.3, -0.25) is 0 Å². The summed E-state index contributed by atoms with van der Waals surface area (Å²) in [5.74, 6) is 0.00326. The van der Waals surface area contributed by atoms with Crippen molar-refractivity contribution in [3.63, 3.8) is 0 Å². The van der Waals surface area contributed by atoms with E-state index in [0.29, 0.717) is 11.8 Å². The average molecular weight is 274 g/mol. The number of hydrogen-bond acceptors (Lipinski definition) is 5. The maximum atomic E-state index is 11.2. The number of carboxylic acid groups (broad SMARTS) is 1.